The third-order valence-electron chi connectivity index (χ3n) is 2.20. The Kier molecular flexibility index (Phi) is 3.35. The number of hydrogen-bond acceptors (Lipinski definition) is 8. The molecule has 0 spiro atoms. The van der Waals surface area contributed by atoms with Gasteiger partial charge in [0.1, 0.15) is 13.1 Å². The zero-order valence-electron chi connectivity index (χ0n) is 9.59. The van der Waals surface area contributed by atoms with Gasteiger partial charge in [-0.2, -0.15) is 0 Å². The van der Waals surface area contributed by atoms with Crippen LogP contribution in [0.1, 0.15) is 0 Å². The van der Waals surface area contributed by atoms with Crippen LogP contribution in [0.25, 0.3) is 0 Å². The van der Waals surface area contributed by atoms with Crippen LogP contribution in [0, 0.1) is 10.1 Å². The molecule has 0 aromatic carbocycles. The van der Waals surface area contributed by atoms with E-state index in [1.54, 1.807) is 5.94 Å². The van der Waals surface area contributed by atoms with E-state index < -0.39 is 11.0 Å². The molecule has 98 valence electrons. The van der Waals surface area contributed by atoms with Crippen molar-refractivity contribution in [3.05, 3.63) is 39.6 Å². The molecule has 0 amide bonds. The number of tetrazole rings is 1. The predicted octanol–water partition coefficient (Wildman–Crippen LogP) is -1.03. The largest absolute Gasteiger partial charge is 0.447 e. The Morgan fingerprint density at radius 2 is 2.37 bits per heavy atom. The second kappa shape index (κ2) is 5.10. The summed E-state index contributed by atoms with van der Waals surface area (Å²) in [6.07, 6.45) is 2.74. The van der Waals surface area contributed by atoms with Gasteiger partial charge in [-0.05, 0) is 21.3 Å². The smallest absolute Gasteiger partial charge is 0.372 e. The van der Waals surface area contributed by atoms with Crippen LogP contribution in [0.5, 0.6) is 6.01 Å². The summed E-state index contributed by atoms with van der Waals surface area (Å²) in [5.41, 5.74) is -0.274. The molecule has 0 N–H and O–H groups in total. The van der Waals surface area contributed by atoms with E-state index >= 15 is 0 Å². The van der Waals surface area contributed by atoms with Crippen molar-refractivity contribution < 1.29 is 19.3 Å². The molecular weight excluding hydrogens is 258 g/mol. The highest BCUT2D eigenvalue weighted by molar-refractivity contribution is 5.62. The number of rotatable bonds is 4. The molecular formula is C9H7N5O5. The van der Waals surface area contributed by atoms with Crippen molar-refractivity contribution in [3.63, 3.8) is 0 Å². The zero-order valence-corrected chi connectivity index (χ0v) is 9.59. The maximum atomic E-state index is 10.8. The first-order chi connectivity index (χ1) is 9.15. The summed E-state index contributed by atoms with van der Waals surface area (Å²) in [5.74, 6) is 1.58. The molecule has 1 unspecified atom stereocenters. The van der Waals surface area contributed by atoms with Gasteiger partial charge in [-0.1, -0.05) is 5.10 Å². The van der Waals surface area contributed by atoms with Gasteiger partial charge in [-0.3, -0.25) is 10.1 Å². The molecule has 1 aliphatic carbocycles. The fourth-order valence-corrected chi connectivity index (χ4v) is 1.35. The first-order valence-corrected chi connectivity index (χ1v) is 4.94. The standard InChI is InChI=1S/C9H7N5O5/c1-18-13-9(10-11-12-13)19-8-3-2-7(14(16)17)4-6(8)5-15/h2-4,8H,1H3. The predicted molar refractivity (Wildman–Crippen MR) is 58.2 cm³/mol. The quantitative estimate of drug-likeness (QED) is 0.384. The maximum absolute atomic E-state index is 10.8. The lowest BCUT2D eigenvalue weighted by molar-refractivity contribution is -0.419. The monoisotopic (exact) mass is 265 g/mol. The molecule has 10 heteroatoms. The van der Waals surface area contributed by atoms with Crippen molar-refractivity contribution in [2.24, 2.45) is 0 Å². The van der Waals surface area contributed by atoms with Crippen LogP contribution in [-0.4, -0.2) is 44.4 Å². The number of allylic oxidation sites excluding steroid dienone is 1. The van der Waals surface area contributed by atoms with E-state index in [-0.39, 0.29) is 17.3 Å². The molecule has 0 fully saturated rings. The Labute approximate surface area is 105 Å². The SMILES string of the molecule is COn1nnnc1OC1C=CC([N+](=O)[O-])=CC1=C=O. The highest BCUT2D eigenvalue weighted by Crippen LogP contribution is 2.19. The van der Waals surface area contributed by atoms with E-state index in [0.29, 0.717) is 0 Å². The fourth-order valence-electron chi connectivity index (χ4n) is 1.35. The van der Waals surface area contributed by atoms with Gasteiger partial charge >= 0.3 is 6.01 Å². The normalized spacial score (nSPS) is 17.6. The Bertz CT molecular complexity index is 612. The van der Waals surface area contributed by atoms with E-state index in [1.165, 1.54) is 19.3 Å². The summed E-state index contributed by atoms with van der Waals surface area (Å²) in [5, 5.41) is 20.9. The van der Waals surface area contributed by atoms with Gasteiger partial charge in [0, 0.05) is 12.2 Å². The molecule has 10 nitrogen and oxygen atoms in total. The lowest BCUT2D eigenvalue weighted by atomic mass is 10.0. The van der Waals surface area contributed by atoms with Crippen LogP contribution in [0.4, 0.5) is 0 Å². The van der Waals surface area contributed by atoms with Crippen LogP contribution in [-0.2, 0) is 4.79 Å². The number of hydrogen-bond donors (Lipinski definition) is 0. The van der Waals surface area contributed by atoms with Crippen molar-refractivity contribution in [2.75, 3.05) is 7.11 Å². The average molecular weight is 265 g/mol. The summed E-state index contributed by atoms with van der Waals surface area (Å²) in [4.78, 5) is 26.4. The second-order valence-corrected chi connectivity index (χ2v) is 3.30. The van der Waals surface area contributed by atoms with E-state index in [4.69, 9.17) is 9.57 Å². The number of carbonyl (C=O) groups excluding carboxylic acids is 1. The number of ether oxygens (including phenoxy) is 1. The minimum Gasteiger partial charge on any atom is -0.447 e. The Morgan fingerprint density at radius 1 is 1.58 bits per heavy atom. The number of aromatic nitrogens is 4. The van der Waals surface area contributed by atoms with Gasteiger partial charge in [0.2, 0.25) is 0 Å². The van der Waals surface area contributed by atoms with Gasteiger partial charge in [0.05, 0.1) is 10.5 Å². The van der Waals surface area contributed by atoms with Crippen molar-refractivity contribution >= 4 is 5.94 Å². The van der Waals surface area contributed by atoms with Gasteiger partial charge in [-0.15, -0.1) is 0 Å². The molecule has 1 heterocycles. The molecule has 0 saturated carbocycles. The van der Waals surface area contributed by atoms with Gasteiger partial charge < -0.3 is 9.57 Å². The highest BCUT2D eigenvalue weighted by Gasteiger charge is 2.24. The van der Waals surface area contributed by atoms with Crippen molar-refractivity contribution in [2.45, 2.75) is 6.10 Å². The first-order valence-electron chi connectivity index (χ1n) is 4.94. The van der Waals surface area contributed by atoms with Gasteiger partial charge in [0.15, 0.2) is 6.10 Å². The second-order valence-electron chi connectivity index (χ2n) is 3.30. The Hall–Kier alpha value is -3.00. The average Bonchev–Trinajstić information content (AvgIpc) is 2.86. The van der Waals surface area contributed by atoms with E-state index in [1.807, 2.05) is 0 Å². The molecule has 1 aliphatic rings. The van der Waals surface area contributed by atoms with Crippen LogP contribution in [0.2, 0.25) is 0 Å². The number of nitrogens with zero attached hydrogens (tertiary/aromatic N) is 5. The third kappa shape index (κ3) is 2.48. The first kappa shape index (κ1) is 12.5. The van der Waals surface area contributed by atoms with Crippen molar-refractivity contribution in [3.8, 4) is 6.01 Å². The molecule has 0 aliphatic heterocycles. The van der Waals surface area contributed by atoms with E-state index in [2.05, 4.69) is 15.5 Å². The van der Waals surface area contributed by atoms with E-state index in [0.717, 1.165) is 10.9 Å². The third-order valence-corrected chi connectivity index (χ3v) is 2.20. The van der Waals surface area contributed by atoms with E-state index in [9.17, 15) is 14.9 Å². The minimum atomic E-state index is -0.874. The highest BCUT2D eigenvalue weighted by atomic mass is 16.7. The van der Waals surface area contributed by atoms with Crippen LogP contribution >= 0.6 is 0 Å². The molecule has 0 bridgehead atoms. The number of nitro groups is 1. The molecule has 0 radical (unpaired) electrons. The summed E-state index contributed by atoms with van der Waals surface area (Å²) >= 11 is 0. The molecule has 0 saturated heterocycles. The maximum Gasteiger partial charge on any atom is 0.372 e. The summed E-state index contributed by atoms with van der Waals surface area (Å²) < 4.78 is 5.30. The zero-order chi connectivity index (χ0) is 13.8. The fraction of sp³-hybridized carbons (Fsp3) is 0.222. The summed E-state index contributed by atoms with van der Waals surface area (Å²) in [7, 11) is 1.32. The van der Waals surface area contributed by atoms with Crippen LogP contribution in [0.3, 0.4) is 0 Å². The van der Waals surface area contributed by atoms with Crippen LogP contribution < -0.4 is 9.57 Å². The molecule has 19 heavy (non-hydrogen) atoms. The topological polar surface area (TPSA) is 122 Å². The summed E-state index contributed by atoms with van der Waals surface area (Å²) in [6, 6.07) is -0.0946. The molecule has 1 aromatic heterocycles. The van der Waals surface area contributed by atoms with Gasteiger partial charge in [-0.25, -0.2) is 4.79 Å². The van der Waals surface area contributed by atoms with Gasteiger partial charge in [0.25, 0.3) is 5.70 Å². The van der Waals surface area contributed by atoms with Crippen molar-refractivity contribution in [1.29, 1.82) is 0 Å². The van der Waals surface area contributed by atoms with Crippen molar-refractivity contribution in [1.82, 2.24) is 20.4 Å². The minimum absolute atomic E-state index is 0.0418. The Balaban J connectivity index is 2.22. The lowest BCUT2D eigenvalue weighted by Crippen LogP contribution is -2.23. The van der Waals surface area contributed by atoms with Crippen LogP contribution in [0.15, 0.2) is 29.5 Å². The molecule has 2 rings (SSSR count). The lowest BCUT2D eigenvalue weighted by Gasteiger charge is -2.14. The molecule has 1 aromatic rings. The summed E-state index contributed by atoms with van der Waals surface area (Å²) in [6.45, 7) is 0. The Morgan fingerprint density at radius 3 is 3.00 bits per heavy atom. The molecule has 1 atom stereocenters.